The highest BCUT2D eigenvalue weighted by molar-refractivity contribution is 6.13. The number of hydrogen-bond donors (Lipinski definition) is 1. The van der Waals surface area contributed by atoms with Gasteiger partial charge in [0, 0.05) is 19.8 Å². The second kappa shape index (κ2) is 5.86. The average molecular weight is 340 g/mol. The summed E-state index contributed by atoms with van der Waals surface area (Å²) < 4.78 is 0. The number of amidine groups is 1. The number of hydrazine groups is 1. The molecule has 0 aromatic carbocycles. The molecule has 2 aliphatic heterocycles. The van der Waals surface area contributed by atoms with Crippen LogP contribution in [0.3, 0.4) is 0 Å². The minimum absolute atomic E-state index is 0.0300. The van der Waals surface area contributed by atoms with Gasteiger partial charge in [-0.3, -0.25) is 4.79 Å². The molecule has 0 spiro atoms. The van der Waals surface area contributed by atoms with Crippen LogP contribution in [0.4, 0.5) is 0 Å². The summed E-state index contributed by atoms with van der Waals surface area (Å²) in [6, 6.07) is 4.42. The number of nitrogens with two attached hydrogens (primary N) is 1. The van der Waals surface area contributed by atoms with Gasteiger partial charge in [0.25, 0.3) is 5.91 Å². The summed E-state index contributed by atoms with van der Waals surface area (Å²) in [4.78, 5) is 16.7. The molecular formula is C18H24N6O. The zero-order chi connectivity index (χ0) is 18.4. The van der Waals surface area contributed by atoms with Crippen molar-refractivity contribution in [2.75, 3.05) is 20.6 Å². The van der Waals surface area contributed by atoms with Crippen LogP contribution in [-0.2, 0) is 4.79 Å². The zero-order valence-electron chi connectivity index (χ0n) is 15.0. The maximum absolute atomic E-state index is 12.8. The molecule has 25 heavy (non-hydrogen) atoms. The van der Waals surface area contributed by atoms with Gasteiger partial charge in [0.15, 0.2) is 10.8 Å². The molecule has 0 saturated heterocycles. The highest BCUT2D eigenvalue weighted by Crippen LogP contribution is 2.58. The number of aliphatic imine (C=N–C) groups is 1. The van der Waals surface area contributed by atoms with Crippen molar-refractivity contribution in [3.05, 3.63) is 11.3 Å². The zero-order valence-corrected chi connectivity index (χ0v) is 15.0. The van der Waals surface area contributed by atoms with E-state index in [0.717, 1.165) is 37.0 Å². The Balaban J connectivity index is 2.25. The molecule has 1 aliphatic carbocycles. The molecular weight excluding hydrogens is 316 g/mol. The van der Waals surface area contributed by atoms with E-state index < -0.39 is 16.7 Å². The Morgan fingerprint density at radius 1 is 1.40 bits per heavy atom. The van der Waals surface area contributed by atoms with Crippen LogP contribution in [-0.4, -0.2) is 42.4 Å². The number of rotatable bonds is 3. The Kier molecular flexibility index (Phi) is 4.09. The molecule has 2 N–H and O–H groups in total. The molecule has 7 heteroatoms. The number of hydrogen-bond acceptors (Lipinski definition) is 6. The lowest BCUT2D eigenvalue weighted by atomic mass is 9.56. The molecule has 0 radical (unpaired) electrons. The van der Waals surface area contributed by atoms with Crippen molar-refractivity contribution < 1.29 is 4.79 Å². The average Bonchev–Trinajstić information content (AvgIpc) is 2.81. The van der Waals surface area contributed by atoms with Crippen LogP contribution in [0.2, 0.25) is 0 Å². The number of amides is 1. The highest BCUT2D eigenvalue weighted by atomic mass is 16.2. The van der Waals surface area contributed by atoms with Crippen LogP contribution in [0.5, 0.6) is 0 Å². The van der Waals surface area contributed by atoms with Gasteiger partial charge in [0.05, 0.1) is 18.7 Å². The number of nitrogens with zero attached hydrogens (tertiary/aromatic N) is 5. The first kappa shape index (κ1) is 17.4. The quantitative estimate of drug-likeness (QED) is 0.834. The van der Waals surface area contributed by atoms with Gasteiger partial charge in [-0.1, -0.05) is 19.8 Å². The maximum atomic E-state index is 12.8. The third-order valence-corrected chi connectivity index (χ3v) is 5.94. The van der Waals surface area contributed by atoms with E-state index in [1.165, 1.54) is 0 Å². The molecule has 132 valence electrons. The fourth-order valence-corrected chi connectivity index (χ4v) is 4.65. The van der Waals surface area contributed by atoms with Crippen molar-refractivity contribution in [1.82, 2.24) is 10.0 Å². The van der Waals surface area contributed by atoms with Crippen molar-refractivity contribution in [1.29, 1.82) is 10.5 Å². The molecule has 0 bridgehead atoms. The first-order valence-corrected chi connectivity index (χ1v) is 8.76. The third kappa shape index (κ3) is 2.06. The van der Waals surface area contributed by atoms with Crippen molar-refractivity contribution in [2.24, 2.45) is 27.5 Å². The normalized spacial score (nSPS) is 34.3. The van der Waals surface area contributed by atoms with Crippen LogP contribution in [0.15, 0.2) is 16.3 Å². The molecule has 0 saturated carbocycles. The van der Waals surface area contributed by atoms with E-state index in [1.54, 1.807) is 0 Å². The predicted octanol–water partition coefficient (Wildman–Crippen LogP) is 1.55. The first-order chi connectivity index (χ1) is 11.9. The van der Waals surface area contributed by atoms with Gasteiger partial charge < -0.3 is 10.7 Å². The number of carbonyl (C=O) groups excluding carboxylic acids is 1. The van der Waals surface area contributed by atoms with Gasteiger partial charge in [-0.15, -0.1) is 0 Å². The van der Waals surface area contributed by atoms with Crippen LogP contribution in [0.25, 0.3) is 0 Å². The number of allylic oxidation sites excluding steroid dienone is 1. The van der Waals surface area contributed by atoms with Crippen LogP contribution in [0.1, 0.15) is 39.0 Å². The number of fused-ring (bicyclic) bond motifs is 2. The molecule has 1 amide bonds. The fraction of sp³-hybridized carbons (Fsp3) is 0.667. The van der Waals surface area contributed by atoms with Crippen molar-refractivity contribution in [3.63, 3.8) is 0 Å². The molecule has 0 aromatic heterocycles. The van der Waals surface area contributed by atoms with Crippen molar-refractivity contribution in [3.8, 4) is 12.1 Å². The topological polar surface area (TPSA) is 110 Å². The van der Waals surface area contributed by atoms with Gasteiger partial charge in [0.2, 0.25) is 0 Å². The number of nitriles is 2. The summed E-state index contributed by atoms with van der Waals surface area (Å²) in [6.45, 7) is 2.32. The van der Waals surface area contributed by atoms with Gasteiger partial charge in [-0.25, -0.2) is 5.01 Å². The number of carbonyl (C=O) groups is 1. The SMILES string of the molecule is CCCC1CCC2=C(C1)C1(C#N)C(=O)N=C(N)C1(C#N)CN2N(C)C. The van der Waals surface area contributed by atoms with Gasteiger partial charge >= 0.3 is 0 Å². The van der Waals surface area contributed by atoms with Crippen molar-refractivity contribution >= 4 is 11.7 Å². The van der Waals surface area contributed by atoms with E-state index in [2.05, 4.69) is 24.1 Å². The summed E-state index contributed by atoms with van der Waals surface area (Å²) >= 11 is 0. The second-order valence-corrected chi connectivity index (χ2v) is 7.41. The van der Waals surface area contributed by atoms with Gasteiger partial charge in [-0.2, -0.15) is 15.5 Å². The summed E-state index contributed by atoms with van der Waals surface area (Å²) in [7, 11) is 3.80. The summed E-state index contributed by atoms with van der Waals surface area (Å²) in [6.07, 6.45) is 4.59. The molecule has 3 unspecified atom stereocenters. The fourth-order valence-electron chi connectivity index (χ4n) is 4.65. The van der Waals surface area contributed by atoms with E-state index >= 15 is 0 Å². The van der Waals surface area contributed by atoms with E-state index in [-0.39, 0.29) is 12.4 Å². The minimum atomic E-state index is -1.57. The molecule has 3 atom stereocenters. The molecule has 0 aromatic rings. The van der Waals surface area contributed by atoms with E-state index in [9.17, 15) is 15.3 Å². The lowest BCUT2D eigenvalue weighted by molar-refractivity contribution is -0.126. The second-order valence-electron chi connectivity index (χ2n) is 7.41. The third-order valence-electron chi connectivity index (χ3n) is 5.94. The molecule has 3 aliphatic rings. The molecule has 0 fully saturated rings. The van der Waals surface area contributed by atoms with E-state index in [4.69, 9.17) is 5.73 Å². The molecule has 3 rings (SSSR count). The Labute approximate surface area is 148 Å². The molecule has 7 nitrogen and oxygen atoms in total. The van der Waals surface area contributed by atoms with E-state index in [0.29, 0.717) is 12.3 Å². The van der Waals surface area contributed by atoms with Crippen LogP contribution >= 0.6 is 0 Å². The Bertz CT molecular complexity index is 755. The Hall–Kier alpha value is -2.38. The summed E-state index contributed by atoms with van der Waals surface area (Å²) in [5.74, 6) is -0.184. The maximum Gasteiger partial charge on any atom is 0.274 e. The van der Waals surface area contributed by atoms with Crippen LogP contribution in [0, 0.1) is 39.4 Å². The monoisotopic (exact) mass is 340 g/mol. The van der Waals surface area contributed by atoms with Gasteiger partial charge in [-0.05, 0) is 30.8 Å². The molecule has 2 heterocycles. The Morgan fingerprint density at radius 3 is 2.68 bits per heavy atom. The lowest BCUT2D eigenvalue weighted by Crippen LogP contribution is -2.61. The largest absolute Gasteiger partial charge is 0.386 e. The minimum Gasteiger partial charge on any atom is -0.386 e. The highest BCUT2D eigenvalue weighted by Gasteiger charge is 2.70. The Morgan fingerprint density at radius 2 is 2.12 bits per heavy atom. The van der Waals surface area contributed by atoms with Crippen LogP contribution < -0.4 is 5.73 Å². The standard InChI is InChI=1S/C18H24N6O/c1-4-5-12-6-7-14-13(8-12)18(10-20)16(25)22-15(21)17(18,9-19)11-24(14)23(2)3/h12H,4-8,11H2,1-3H3,(H2,21,22,25). The van der Waals surface area contributed by atoms with Crippen molar-refractivity contribution in [2.45, 2.75) is 39.0 Å². The predicted molar refractivity (Wildman–Crippen MR) is 92.4 cm³/mol. The summed E-state index contributed by atoms with van der Waals surface area (Å²) in [5.41, 5.74) is 4.81. The summed E-state index contributed by atoms with van der Waals surface area (Å²) in [5, 5.41) is 24.0. The lowest BCUT2D eigenvalue weighted by Gasteiger charge is -2.51. The smallest absolute Gasteiger partial charge is 0.274 e. The van der Waals surface area contributed by atoms with E-state index in [1.807, 2.05) is 24.1 Å². The van der Waals surface area contributed by atoms with Gasteiger partial charge in [0.1, 0.15) is 5.84 Å². The first-order valence-electron chi connectivity index (χ1n) is 8.76.